The van der Waals surface area contributed by atoms with E-state index in [9.17, 15) is 9.59 Å². The molecule has 0 bridgehead atoms. The average molecular weight is 250 g/mol. The topological polar surface area (TPSA) is 63.4 Å². The van der Waals surface area contributed by atoms with Gasteiger partial charge in [-0.3, -0.25) is 4.79 Å². The number of nitrogens with zero attached hydrogens (tertiary/aromatic N) is 2. The number of hydrogen-bond acceptors (Lipinski definition) is 4. The lowest BCUT2D eigenvalue weighted by Crippen LogP contribution is -2.39. The van der Waals surface area contributed by atoms with Gasteiger partial charge in [-0.25, -0.2) is 0 Å². The standard InChI is InChI=1S/C13H18N2O3/c1-3-11(12-7-9(2)14-18-12)13(17)15-6-4-5-10(15)8-16/h7-8,10-11H,3-6H2,1-2H3. The van der Waals surface area contributed by atoms with Crippen LogP contribution in [0.15, 0.2) is 10.6 Å². The summed E-state index contributed by atoms with van der Waals surface area (Å²) >= 11 is 0. The number of amides is 1. The smallest absolute Gasteiger partial charge is 0.234 e. The predicted octanol–water partition coefficient (Wildman–Crippen LogP) is 1.67. The molecule has 1 amide bonds. The van der Waals surface area contributed by atoms with Crippen molar-refractivity contribution in [2.24, 2.45) is 0 Å². The van der Waals surface area contributed by atoms with Crippen molar-refractivity contribution in [2.45, 2.75) is 45.1 Å². The monoisotopic (exact) mass is 250 g/mol. The van der Waals surface area contributed by atoms with Gasteiger partial charge >= 0.3 is 0 Å². The summed E-state index contributed by atoms with van der Waals surface area (Å²) in [7, 11) is 0. The van der Waals surface area contributed by atoms with Gasteiger partial charge in [-0.05, 0) is 26.2 Å². The Bertz CT molecular complexity index is 441. The van der Waals surface area contributed by atoms with Crippen molar-refractivity contribution < 1.29 is 14.1 Å². The highest BCUT2D eigenvalue weighted by molar-refractivity contribution is 5.85. The van der Waals surface area contributed by atoms with Gasteiger partial charge in [-0.15, -0.1) is 0 Å². The maximum atomic E-state index is 12.4. The molecule has 0 aliphatic carbocycles. The van der Waals surface area contributed by atoms with Gasteiger partial charge < -0.3 is 14.2 Å². The Morgan fingerprint density at radius 1 is 1.72 bits per heavy atom. The molecule has 2 atom stereocenters. The number of rotatable bonds is 4. The normalized spacial score (nSPS) is 21.0. The molecule has 0 N–H and O–H groups in total. The van der Waals surface area contributed by atoms with Crippen molar-refractivity contribution in [1.82, 2.24) is 10.1 Å². The highest BCUT2D eigenvalue weighted by atomic mass is 16.5. The lowest BCUT2D eigenvalue weighted by atomic mass is 10.0. The second-order valence-corrected chi connectivity index (χ2v) is 4.71. The van der Waals surface area contributed by atoms with Gasteiger partial charge in [0, 0.05) is 12.6 Å². The predicted molar refractivity (Wildman–Crippen MR) is 65.1 cm³/mol. The van der Waals surface area contributed by atoms with Crippen molar-refractivity contribution in [3.05, 3.63) is 17.5 Å². The first-order valence-electron chi connectivity index (χ1n) is 6.36. The molecule has 98 valence electrons. The minimum Gasteiger partial charge on any atom is -0.360 e. The first-order chi connectivity index (χ1) is 8.67. The first kappa shape index (κ1) is 12.8. The minimum absolute atomic E-state index is 0.0248. The highest BCUT2D eigenvalue weighted by Crippen LogP contribution is 2.26. The molecule has 2 unspecified atom stereocenters. The fraction of sp³-hybridized carbons (Fsp3) is 0.615. The zero-order valence-corrected chi connectivity index (χ0v) is 10.8. The van der Waals surface area contributed by atoms with Crippen LogP contribution in [0.2, 0.25) is 0 Å². The summed E-state index contributed by atoms with van der Waals surface area (Å²) in [5.74, 6) is 0.242. The molecule has 1 saturated heterocycles. The molecule has 0 aromatic carbocycles. The van der Waals surface area contributed by atoms with E-state index in [0.717, 1.165) is 24.8 Å². The number of aromatic nitrogens is 1. The Hall–Kier alpha value is -1.65. The molecular weight excluding hydrogens is 232 g/mol. The summed E-state index contributed by atoms with van der Waals surface area (Å²) in [5, 5.41) is 3.82. The molecule has 5 nitrogen and oxygen atoms in total. The maximum Gasteiger partial charge on any atom is 0.234 e. The van der Waals surface area contributed by atoms with Crippen molar-refractivity contribution >= 4 is 12.2 Å². The third-order valence-corrected chi connectivity index (χ3v) is 3.44. The SMILES string of the molecule is CCC(C(=O)N1CCCC1C=O)c1cc(C)no1. The van der Waals surface area contributed by atoms with Crippen molar-refractivity contribution in [1.29, 1.82) is 0 Å². The van der Waals surface area contributed by atoms with E-state index in [4.69, 9.17) is 4.52 Å². The maximum absolute atomic E-state index is 12.4. The first-order valence-corrected chi connectivity index (χ1v) is 6.36. The second kappa shape index (κ2) is 5.33. The summed E-state index contributed by atoms with van der Waals surface area (Å²) in [6.45, 7) is 4.42. The van der Waals surface area contributed by atoms with Crippen LogP contribution < -0.4 is 0 Å². The van der Waals surface area contributed by atoms with Gasteiger partial charge in [0.2, 0.25) is 5.91 Å². The quantitative estimate of drug-likeness (QED) is 0.762. The Kier molecular flexibility index (Phi) is 3.79. The summed E-state index contributed by atoms with van der Waals surface area (Å²) in [4.78, 5) is 25.0. The molecule has 1 aromatic heterocycles. The van der Waals surface area contributed by atoms with Gasteiger partial charge in [0.15, 0.2) is 0 Å². The summed E-state index contributed by atoms with van der Waals surface area (Å²) in [6, 6.07) is 1.52. The van der Waals surface area contributed by atoms with Crippen LogP contribution in [0.5, 0.6) is 0 Å². The van der Waals surface area contributed by atoms with E-state index in [1.165, 1.54) is 0 Å². The highest BCUT2D eigenvalue weighted by Gasteiger charge is 2.34. The summed E-state index contributed by atoms with van der Waals surface area (Å²) < 4.78 is 5.18. The van der Waals surface area contributed by atoms with Crippen LogP contribution in [0.4, 0.5) is 0 Å². The van der Waals surface area contributed by atoms with Crippen LogP contribution in [-0.4, -0.2) is 34.8 Å². The number of carbonyl (C=O) groups excluding carboxylic acids is 2. The van der Waals surface area contributed by atoms with Gasteiger partial charge in [0.05, 0.1) is 17.7 Å². The summed E-state index contributed by atoms with van der Waals surface area (Å²) in [6.07, 6.45) is 3.17. The van der Waals surface area contributed by atoms with Crippen LogP contribution in [0.3, 0.4) is 0 Å². The molecule has 0 radical (unpaired) electrons. The molecule has 1 aliphatic rings. The zero-order valence-electron chi connectivity index (χ0n) is 10.8. The van der Waals surface area contributed by atoms with Crippen molar-refractivity contribution in [2.75, 3.05) is 6.54 Å². The van der Waals surface area contributed by atoms with Gasteiger partial charge in [0.1, 0.15) is 12.0 Å². The van der Waals surface area contributed by atoms with Crippen molar-refractivity contribution in [3.8, 4) is 0 Å². The van der Waals surface area contributed by atoms with E-state index >= 15 is 0 Å². The lowest BCUT2D eigenvalue weighted by Gasteiger charge is -2.24. The Morgan fingerprint density at radius 2 is 2.50 bits per heavy atom. The molecule has 2 heterocycles. The van der Waals surface area contributed by atoms with E-state index in [2.05, 4.69) is 5.16 Å². The van der Waals surface area contributed by atoms with Gasteiger partial charge in [-0.2, -0.15) is 0 Å². The fourth-order valence-corrected chi connectivity index (χ4v) is 2.45. The van der Waals surface area contributed by atoms with E-state index in [0.29, 0.717) is 18.7 Å². The fourth-order valence-electron chi connectivity index (χ4n) is 2.45. The number of hydrogen-bond donors (Lipinski definition) is 0. The van der Waals surface area contributed by atoms with Crippen LogP contribution in [-0.2, 0) is 9.59 Å². The van der Waals surface area contributed by atoms with E-state index < -0.39 is 0 Å². The second-order valence-electron chi connectivity index (χ2n) is 4.71. The van der Waals surface area contributed by atoms with Crippen LogP contribution in [0.25, 0.3) is 0 Å². The molecule has 2 rings (SSSR count). The van der Waals surface area contributed by atoms with Gasteiger partial charge in [0.25, 0.3) is 0 Å². The third-order valence-electron chi connectivity index (χ3n) is 3.44. The van der Waals surface area contributed by atoms with Gasteiger partial charge in [-0.1, -0.05) is 12.1 Å². The Balaban J connectivity index is 2.17. The van der Waals surface area contributed by atoms with Crippen molar-refractivity contribution in [3.63, 3.8) is 0 Å². The minimum atomic E-state index is -0.327. The zero-order chi connectivity index (χ0) is 13.1. The number of likely N-dealkylation sites (tertiary alicyclic amines) is 1. The van der Waals surface area contributed by atoms with Crippen LogP contribution >= 0.6 is 0 Å². The molecule has 1 aliphatic heterocycles. The number of aryl methyl sites for hydroxylation is 1. The van der Waals surface area contributed by atoms with E-state index in [1.807, 2.05) is 13.8 Å². The molecule has 1 aromatic rings. The molecule has 18 heavy (non-hydrogen) atoms. The Labute approximate surface area is 106 Å². The number of aldehydes is 1. The average Bonchev–Trinajstić information content (AvgIpc) is 2.98. The summed E-state index contributed by atoms with van der Waals surface area (Å²) in [5.41, 5.74) is 0.768. The lowest BCUT2D eigenvalue weighted by molar-refractivity contribution is -0.136. The van der Waals surface area contributed by atoms with Crippen LogP contribution in [0.1, 0.15) is 43.6 Å². The molecule has 0 saturated carbocycles. The van der Waals surface area contributed by atoms with E-state index in [-0.39, 0.29) is 17.9 Å². The third kappa shape index (κ3) is 2.30. The Morgan fingerprint density at radius 3 is 3.06 bits per heavy atom. The molecule has 5 heteroatoms. The molecule has 0 spiro atoms. The largest absolute Gasteiger partial charge is 0.360 e. The molecular formula is C13H18N2O3. The molecule has 1 fully saturated rings. The number of carbonyl (C=O) groups is 2. The van der Waals surface area contributed by atoms with Crippen LogP contribution in [0, 0.1) is 6.92 Å². The van der Waals surface area contributed by atoms with E-state index in [1.54, 1.807) is 11.0 Å².